The molecule has 0 bridgehead atoms. The van der Waals surface area contributed by atoms with Crippen molar-refractivity contribution in [3.05, 3.63) is 132 Å². The highest BCUT2D eigenvalue weighted by molar-refractivity contribution is 6.99. The van der Waals surface area contributed by atoms with E-state index in [9.17, 15) is 0 Å². The van der Waals surface area contributed by atoms with Gasteiger partial charge in [0.2, 0.25) is 0 Å². The van der Waals surface area contributed by atoms with Crippen LogP contribution in [0.2, 0.25) is 5.04 Å². The van der Waals surface area contributed by atoms with Gasteiger partial charge in [0.25, 0.3) is 8.32 Å². The van der Waals surface area contributed by atoms with Crippen molar-refractivity contribution in [1.82, 2.24) is 0 Å². The van der Waals surface area contributed by atoms with Gasteiger partial charge in [-0.15, -0.1) is 0 Å². The van der Waals surface area contributed by atoms with Gasteiger partial charge in [-0.05, 0) is 33.5 Å². The highest BCUT2D eigenvalue weighted by Gasteiger charge is 2.58. The van der Waals surface area contributed by atoms with E-state index in [0.29, 0.717) is 13.2 Å². The molecule has 230 valence electrons. The van der Waals surface area contributed by atoms with Crippen molar-refractivity contribution in [2.24, 2.45) is 0 Å². The molecule has 0 N–H and O–H groups in total. The van der Waals surface area contributed by atoms with Crippen LogP contribution in [0.5, 0.6) is 0 Å². The van der Waals surface area contributed by atoms with Crippen molar-refractivity contribution in [1.29, 1.82) is 0 Å². The van der Waals surface area contributed by atoms with Gasteiger partial charge in [0.1, 0.15) is 24.4 Å². The van der Waals surface area contributed by atoms with Gasteiger partial charge in [0.05, 0.1) is 12.7 Å². The maximum Gasteiger partial charge on any atom is 0.262 e. The smallest absolute Gasteiger partial charge is 0.262 e. The molecule has 4 aromatic rings. The summed E-state index contributed by atoms with van der Waals surface area (Å²) >= 11 is 0. The molecular formula is C38H44O5Si. The van der Waals surface area contributed by atoms with Gasteiger partial charge in [-0.1, -0.05) is 142 Å². The predicted molar refractivity (Wildman–Crippen MR) is 176 cm³/mol. The van der Waals surface area contributed by atoms with Crippen LogP contribution in [0.3, 0.4) is 0 Å². The largest absolute Gasteiger partial charge is 0.398 e. The third-order valence-electron chi connectivity index (χ3n) is 8.79. The summed E-state index contributed by atoms with van der Waals surface area (Å²) in [6.45, 7) is 9.93. The standard InChI is InChI=1S/C38H44O5Si/c1-5-39-33-26-32-35(41-32)37(42-33)36(40-27-28-18-10-6-11-19-28)34(29-20-12-7-13-21-29)43-44(38(2,3)4,30-22-14-8-15-23-30)31-24-16-9-17-25-31/h6-25,32-37H,5,26-27H2,1-4H3/t32-,33+,34-,35-,36-,37-/m1/s1. The number of hydrogen-bond acceptors (Lipinski definition) is 5. The van der Waals surface area contributed by atoms with Crippen LogP contribution in [0, 0.1) is 0 Å². The van der Waals surface area contributed by atoms with Gasteiger partial charge < -0.3 is 23.4 Å². The van der Waals surface area contributed by atoms with Crippen molar-refractivity contribution in [3.8, 4) is 0 Å². The maximum atomic E-state index is 7.86. The Kier molecular flexibility index (Phi) is 9.47. The number of benzene rings is 4. The Labute approximate surface area is 263 Å². The first-order chi connectivity index (χ1) is 21.4. The highest BCUT2D eigenvalue weighted by Crippen LogP contribution is 2.46. The SMILES string of the molecule is CCO[C@@H]1C[C@H]2O[C@H]2[C@H]([C@H](OCc2ccccc2)[C@H](O[Si](c2ccccc2)(c2ccccc2)C(C)(C)C)c2ccccc2)O1. The zero-order valence-electron chi connectivity index (χ0n) is 26.2. The monoisotopic (exact) mass is 608 g/mol. The minimum absolute atomic E-state index is 0.0681. The molecular weight excluding hydrogens is 564 g/mol. The van der Waals surface area contributed by atoms with Crippen LogP contribution in [0.1, 0.15) is 51.3 Å². The Balaban J connectivity index is 1.50. The fourth-order valence-corrected chi connectivity index (χ4v) is 11.3. The summed E-state index contributed by atoms with van der Waals surface area (Å²) in [5, 5.41) is 2.23. The first-order valence-corrected chi connectivity index (χ1v) is 17.7. The van der Waals surface area contributed by atoms with E-state index in [0.717, 1.165) is 17.5 Å². The van der Waals surface area contributed by atoms with Crippen LogP contribution in [0.25, 0.3) is 0 Å². The van der Waals surface area contributed by atoms with E-state index in [1.54, 1.807) is 0 Å². The number of epoxide rings is 1. The van der Waals surface area contributed by atoms with Gasteiger partial charge in [-0.2, -0.15) is 0 Å². The third kappa shape index (κ3) is 6.47. The Morgan fingerprint density at radius 2 is 1.30 bits per heavy atom. The molecule has 2 heterocycles. The number of fused-ring (bicyclic) bond motifs is 1. The summed E-state index contributed by atoms with van der Waals surface area (Å²) < 4.78 is 33.8. The quantitative estimate of drug-likeness (QED) is 0.131. The van der Waals surface area contributed by atoms with E-state index in [1.165, 1.54) is 10.4 Å². The molecule has 6 heteroatoms. The number of hydrogen-bond donors (Lipinski definition) is 0. The Hall–Kier alpha value is -3.10. The average molecular weight is 609 g/mol. The molecule has 6 rings (SSSR count). The Morgan fingerprint density at radius 3 is 1.84 bits per heavy atom. The second kappa shape index (κ2) is 13.5. The van der Waals surface area contributed by atoms with E-state index in [4.69, 9.17) is 23.4 Å². The molecule has 4 aromatic carbocycles. The normalized spacial score (nSPS) is 23.0. The predicted octanol–water partition coefficient (Wildman–Crippen LogP) is 6.81. The van der Waals surface area contributed by atoms with Crippen molar-refractivity contribution >= 4 is 18.7 Å². The fourth-order valence-electron chi connectivity index (χ4n) is 6.66. The maximum absolute atomic E-state index is 7.86. The summed E-state index contributed by atoms with van der Waals surface area (Å²) in [4.78, 5) is 0. The van der Waals surface area contributed by atoms with Crippen LogP contribution in [0.15, 0.2) is 121 Å². The molecule has 2 aliphatic heterocycles. The van der Waals surface area contributed by atoms with Crippen molar-refractivity contribution < 1.29 is 23.4 Å². The lowest BCUT2D eigenvalue weighted by molar-refractivity contribution is -0.225. The van der Waals surface area contributed by atoms with Crippen molar-refractivity contribution in [2.45, 2.75) is 82.6 Å². The summed E-state index contributed by atoms with van der Waals surface area (Å²) in [5.74, 6) is 0. The number of rotatable bonds is 12. The van der Waals surface area contributed by atoms with Crippen LogP contribution in [-0.2, 0) is 30.0 Å². The number of ether oxygens (including phenoxy) is 4. The van der Waals surface area contributed by atoms with Crippen LogP contribution in [0.4, 0.5) is 0 Å². The summed E-state index contributed by atoms with van der Waals surface area (Å²) in [7, 11) is -2.98. The molecule has 0 unspecified atom stereocenters. The van der Waals surface area contributed by atoms with Crippen LogP contribution < -0.4 is 10.4 Å². The zero-order chi connectivity index (χ0) is 30.6. The van der Waals surface area contributed by atoms with Gasteiger partial charge in [-0.3, -0.25) is 0 Å². The molecule has 0 radical (unpaired) electrons. The highest BCUT2D eigenvalue weighted by atomic mass is 28.4. The first kappa shape index (κ1) is 30.9. The van der Waals surface area contributed by atoms with E-state index in [2.05, 4.69) is 118 Å². The molecule has 0 spiro atoms. The van der Waals surface area contributed by atoms with Gasteiger partial charge in [0.15, 0.2) is 6.29 Å². The average Bonchev–Trinajstić information content (AvgIpc) is 3.84. The molecule has 0 aliphatic carbocycles. The Bertz CT molecular complexity index is 1410. The van der Waals surface area contributed by atoms with E-state index < -0.39 is 20.5 Å². The first-order valence-electron chi connectivity index (χ1n) is 15.8. The molecule has 5 nitrogen and oxygen atoms in total. The fraction of sp³-hybridized carbons (Fsp3) is 0.368. The molecule has 44 heavy (non-hydrogen) atoms. The summed E-state index contributed by atoms with van der Waals surface area (Å²) in [5.41, 5.74) is 2.15. The van der Waals surface area contributed by atoms with E-state index >= 15 is 0 Å². The second-order valence-corrected chi connectivity index (χ2v) is 17.0. The van der Waals surface area contributed by atoms with Gasteiger partial charge in [-0.25, -0.2) is 0 Å². The molecule has 0 saturated carbocycles. The molecule has 2 aliphatic rings. The van der Waals surface area contributed by atoms with Crippen molar-refractivity contribution in [2.75, 3.05) is 6.61 Å². The lowest BCUT2D eigenvalue weighted by Crippen LogP contribution is -2.68. The van der Waals surface area contributed by atoms with Gasteiger partial charge >= 0.3 is 0 Å². The minimum atomic E-state index is -2.98. The lowest BCUT2D eigenvalue weighted by atomic mass is 9.95. The molecule has 0 aromatic heterocycles. The Morgan fingerprint density at radius 1 is 0.750 bits per heavy atom. The van der Waals surface area contributed by atoms with Crippen molar-refractivity contribution in [3.63, 3.8) is 0 Å². The van der Waals surface area contributed by atoms with E-state index in [1.807, 2.05) is 31.2 Å². The third-order valence-corrected chi connectivity index (χ3v) is 13.8. The zero-order valence-corrected chi connectivity index (χ0v) is 27.2. The summed E-state index contributed by atoms with van der Waals surface area (Å²) in [6.07, 6.45) is -0.859. The van der Waals surface area contributed by atoms with Crippen LogP contribution >= 0.6 is 0 Å². The molecule has 2 saturated heterocycles. The lowest BCUT2D eigenvalue weighted by Gasteiger charge is -2.47. The van der Waals surface area contributed by atoms with E-state index in [-0.39, 0.29) is 29.6 Å². The second-order valence-electron chi connectivity index (χ2n) is 12.7. The minimum Gasteiger partial charge on any atom is -0.398 e. The van der Waals surface area contributed by atoms with Gasteiger partial charge in [0, 0.05) is 13.0 Å². The molecule has 2 fully saturated rings. The summed E-state index contributed by atoms with van der Waals surface area (Å²) in [6, 6.07) is 42.4. The topological polar surface area (TPSA) is 49.5 Å². The molecule has 0 amide bonds. The van der Waals surface area contributed by atoms with Crippen LogP contribution in [-0.4, -0.2) is 45.6 Å². The molecule has 6 atom stereocenters.